The van der Waals surface area contributed by atoms with Gasteiger partial charge >= 0.3 is 5.97 Å². The molecule has 3 heterocycles. The molecule has 32 heavy (non-hydrogen) atoms. The number of nitrogens with zero attached hydrogens (tertiary/aromatic N) is 4. The topological polar surface area (TPSA) is 61.9 Å². The number of cyclic esters (lactones) is 1. The van der Waals surface area contributed by atoms with Crippen LogP contribution in [0.25, 0.3) is 0 Å². The standard InChI is InChI=1S/C26H24N4O2/c31-26-23-20(15-32-26)11-21-25(30(17-28-21)13-19-9-5-2-6-10-19)24(23)22-14-29(16-27-22)12-18-7-3-1-4-8-18/h1-10,14,16-17,20,23-24H,11-13,15H2/t20-,23+,24+/m0/s1. The molecule has 0 unspecified atom stereocenters. The van der Waals surface area contributed by atoms with E-state index in [1.54, 1.807) is 0 Å². The third kappa shape index (κ3) is 3.32. The molecular formula is C26H24N4O2. The number of benzene rings is 2. The Balaban J connectivity index is 1.39. The van der Waals surface area contributed by atoms with Crippen LogP contribution >= 0.6 is 0 Å². The van der Waals surface area contributed by atoms with Crippen molar-refractivity contribution >= 4 is 5.97 Å². The Hall–Kier alpha value is -3.67. The van der Waals surface area contributed by atoms with E-state index in [9.17, 15) is 4.79 Å². The summed E-state index contributed by atoms with van der Waals surface area (Å²) < 4.78 is 9.78. The number of hydrogen-bond acceptors (Lipinski definition) is 4. The lowest BCUT2D eigenvalue weighted by molar-refractivity contribution is -0.141. The summed E-state index contributed by atoms with van der Waals surface area (Å²) >= 11 is 0. The molecule has 2 aromatic heterocycles. The summed E-state index contributed by atoms with van der Waals surface area (Å²) in [6, 6.07) is 20.7. The van der Waals surface area contributed by atoms with Crippen molar-refractivity contribution < 1.29 is 9.53 Å². The number of rotatable bonds is 5. The minimum Gasteiger partial charge on any atom is -0.465 e. The smallest absolute Gasteiger partial charge is 0.310 e. The Morgan fingerprint density at radius 2 is 1.62 bits per heavy atom. The second kappa shape index (κ2) is 7.79. The number of carbonyl (C=O) groups is 1. The average molecular weight is 425 g/mol. The van der Waals surface area contributed by atoms with Crippen molar-refractivity contribution in [3.8, 4) is 0 Å². The molecule has 4 aromatic rings. The van der Waals surface area contributed by atoms with Crippen molar-refractivity contribution in [2.24, 2.45) is 11.8 Å². The Bertz CT molecular complexity index is 1250. The molecule has 1 aliphatic carbocycles. The van der Waals surface area contributed by atoms with Crippen LogP contribution in [0, 0.1) is 11.8 Å². The van der Waals surface area contributed by atoms with Gasteiger partial charge in [0.15, 0.2) is 0 Å². The predicted octanol–water partition coefficient (Wildman–Crippen LogP) is 3.65. The molecule has 160 valence electrons. The van der Waals surface area contributed by atoms with Crippen LogP contribution in [-0.2, 0) is 29.0 Å². The molecule has 1 aliphatic heterocycles. The van der Waals surface area contributed by atoms with Gasteiger partial charge in [0.2, 0.25) is 0 Å². The fourth-order valence-corrected chi connectivity index (χ4v) is 5.19. The largest absolute Gasteiger partial charge is 0.465 e. The minimum absolute atomic E-state index is 0.115. The van der Waals surface area contributed by atoms with E-state index in [1.807, 2.05) is 49.1 Å². The highest BCUT2D eigenvalue weighted by atomic mass is 16.5. The molecular weight excluding hydrogens is 400 g/mol. The van der Waals surface area contributed by atoms with E-state index in [2.05, 4.69) is 39.6 Å². The number of carbonyl (C=O) groups excluding carboxylic acids is 1. The summed E-state index contributed by atoms with van der Waals surface area (Å²) in [5, 5.41) is 0. The fraction of sp³-hybridized carbons (Fsp3) is 0.269. The zero-order valence-corrected chi connectivity index (χ0v) is 17.7. The molecule has 0 amide bonds. The Kier molecular flexibility index (Phi) is 4.63. The van der Waals surface area contributed by atoms with Crippen molar-refractivity contribution in [3.05, 3.63) is 108 Å². The molecule has 0 radical (unpaired) electrons. The van der Waals surface area contributed by atoms with Crippen molar-refractivity contribution in [2.45, 2.75) is 25.4 Å². The van der Waals surface area contributed by atoms with Gasteiger partial charge in [-0.25, -0.2) is 9.97 Å². The zero-order chi connectivity index (χ0) is 21.5. The molecule has 0 bridgehead atoms. The quantitative estimate of drug-likeness (QED) is 0.459. The summed E-state index contributed by atoms with van der Waals surface area (Å²) in [6.45, 7) is 1.93. The Morgan fingerprint density at radius 1 is 0.906 bits per heavy atom. The highest BCUT2D eigenvalue weighted by molar-refractivity contribution is 5.77. The first-order valence-corrected chi connectivity index (χ1v) is 11.1. The van der Waals surface area contributed by atoms with Gasteiger partial charge in [0.05, 0.1) is 48.2 Å². The van der Waals surface area contributed by atoms with Crippen molar-refractivity contribution in [3.63, 3.8) is 0 Å². The Morgan fingerprint density at radius 3 is 2.38 bits per heavy atom. The van der Waals surface area contributed by atoms with Gasteiger partial charge in [0.1, 0.15) is 0 Å². The molecule has 6 heteroatoms. The third-order valence-electron chi connectivity index (χ3n) is 6.66. The van der Waals surface area contributed by atoms with Gasteiger partial charge in [-0.1, -0.05) is 60.7 Å². The first kappa shape index (κ1) is 19.0. The van der Waals surface area contributed by atoms with Crippen LogP contribution in [-0.4, -0.2) is 31.7 Å². The minimum atomic E-state index is -0.214. The van der Waals surface area contributed by atoms with E-state index in [0.717, 1.165) is 36.6 Å². The zero-order valence-electron chi connectivity index (χ0n) is 17.7. The molecule has 6 rings (SSSR count). The van der Waals surface area contributed by atoms with E-state index in [-0.39, 0.29) is 23.7 Å². The summed E-state index contributed by atoms with van der Waals surface area (Å²) in [5.74, 6) is -0.328. The van der Waals surface area contributed by atoms with Crippen LogP contribution in [0.4, 0.5) is 0 Å². The van der Waals surface area contributed by atoms with Crippen LogP contribution in [0.5, 0.6) is 0 Å². The predicted molar refractivity (Wildman–Crippen MR) is 119 cm³/mol. The molecule has 3 atom stereocenters. The number of ether oxygens (including phenoxy) is 1. The first-order chi connectivity index (χ1) is 15.8. The van der Waals surface area contributed by atoms with Gasteiger partial charge in [-0.2, -0.15) is 0 Å². The van der Waals surface area contributed by atoms with Crippen molar-refractivity contribution in [1.82, 2.24) is 19.1 Å². The number of esters is 1. The number of imidazole rings is 2. The summed E-state index contributed by atoms with van der Waals surface area (Å²) in [4.78, 5) is 22.3. The molecule has 0 N–H and O–H groups in total. The molecule has 2 aliphatic rings. The number of fused-ring (bicyclic) bond motifs is 2. The maximum atomic E-state index is 12.8. The normalized spacial score (nSPS) is 21.8. The monoisotopic (exact) mass is 424 g/mol. The summed E-state index contributed by atoms with van der Waals surface area (Å²) in [5.41, 5.74) is 5.48. The Labute approximate surface area is 186 Å². The molecule has 1 saturated heterocycles. The van der Waals surface area contributed by atoms with Gasteiger partial charge in [0.25, 0.3) is 0 Å². The molecule has 0 saturated carbocycles. The highest BCUT2D eigenvalue weighted by Gasteiger charge is 2.50. The van der Waals surface area contributed by atoms with Gasteiger partial charge in [-0.3, -0.25) is 4.79 Å². The van der Waals surface area contributed by atoms with Gasteiger partial charge in [-0.05, 0) is 17.5 Å². The maximum Gasteiger partial charge on any atom is 0.310 e. The fourth-order valence-electron chi connectivity index (χ4n) is 5.19. The van der Waals surface area contributed by atoms with Crippen molar-refractivity contribution in [1.29, 1.82) is 0 Å². The number of hydrogen-bond donors (Lipinski definition) is 0. The first-order valence-electron chi connectivity index (χ1n) is 11.1. The number of aromatic nitrogens is 4. The van der Waals surface area contributed by atoms with Crippen LogP contribution in [0.2, 0.25) is 0 Å². The SMILES string of the molecule is O=C1OC[C@@H]2Cc3ncn(Cc4ccccc4)c3[C@H](c3cn(Cc4ccccc4)cn3)[C@H]12. The van der Waals surface area contributed by atoms with E-state index < -0.39 is 0 Å². The molecule has 2 aromatic carbocycles. The lowest BCUT2D eigenvalue weighted by atomic mass is 9.72. The molecule has 6 nitrogen and oxygen atoms in total. The molecule has 0 spiro atoms. The maximum absolute atomic E-state index is 12.8. The summed E-state index contributed by atoms with van der Waals surface area (Å²) in [7, 11) is 0. The summed E-state index contributed by atoms with van der Waals surface area (Å²) in [6.07, 6.45) is 6.63. The van der Waals surface area contributed by atoms with Crippen LogP contribution in [0.1, 0.15) is 34.1 Å². The van der Waals surface area contributed by atoms with Gasteiger partial charge in [-0.15, -0.1) is 0 Å². The lowest BCUT2D eigenvalue weighted by Crippen LogP contribution is -2.33. The highest BCUT2D eigenvalue weighted by Crippen LogP contribution is 2.46. The lowest BCUT2D eigenvalue weighted by Gasteiger charge is -2.30. The average Bonchev–Trinajstić information content (AvgIpc) is 3.54. The van der Waals surface area contributed by atoms with Crippen LogP contribution < -0.4 is 0 Å². The van der Waals surface area contributed by atoms with Crippen LogP contribution in [0.15, 0.2) is 79.5 Å². The van der Waals surface area contributed by atoms with Crippen molar-refractivity contribution in [2.75, 3.05) is 6.61 Å². The second-order valence-corrected chi connectivity index (χ2v) is 8.74. The van der Waals surface area contributed by atoms with E-state index in [1.165, 1.54) is 11.1 Å². The van der Waals surface area contributed by atoms with E-state index in [0.29, 0.717) is 6.61 Å². The van der Waals surface area contributed by atoms with E-state index >= 15 is 0 Å². The van der Waals surface area contributed by atoms with Crippen LogP contribution in [0.3, 0.4) is 0 Å². The van der Waals surface area contributed by atoms with Gasteiger partial charge in [0, 0.05) is 25.2 Å². The third-order valence-corrected chi connectivity index (χ3v) is 6.66. The second-order valence-electron chi connectivity index (χ2n) is 8.74. The van der Waals surface area contributed by atoms with Gasteiger partial charge < -0.3 is 13.9 Å². The van der Waals surface area contributed by atoms with E-state index in [4.69, 9.17) is 14.7 Å². The molecule has 1 fully saturated rings.